The normalized spacial score (nSPS) is 13.8. The first-order chi connectivity index (χ1) is 16.2. The van der Waals surface area contributed by atoms with Gasteiger partial charge in [-0.25, -0.2) is 4.98 Å². The van der Waals surface area contributed by atoms with E-state index in [0.29, 0.717) is 18.8 Å². The fourth-order valence-electron chi connectivity index (χ4n) is 4.13. The Balaban J connectivity index is 1.52. The number of nitrogens with one attached hydrogen (secondary N) is 1. The zero-order valence-electron chi connectivity index (χ0n) is 19.1. The number of rotatable bonds is 9. The van der Waals surface area contributed by atoms with Crippen LogP contribution in [-0.2, 0) is 17.6 Å². The number of ketones is 1. The van der Waals surface area contributed by atoms with E-state index in [1.807, 2.05) is 19.2 Å². The van der Waals surface area contributed by atoms with E-state index in [-0.39, 0.29) is 18.0 Å². The fraction of sp³-hybridized carbons (Fsp3) is 0.346. The highest BCUT2D eigenvalue weighted by molar-refractivity contribution is 6.02. The van der Waals surface area contributed by atoms with Gasteiger partial charge in [-0.3, -0.25) is 9.78 Å². The van der Waals surface area contributed by atoms with Crippen LogP contribution in [0.3, 0.4) is 0 Å². The highest BCUT2D eigenvalue weighted by Gasteiger charge is 2.19. The molecular formula is C26H31N5O2. The van der Waals surface area contributed by atoms with Gasteiger partial charge in [0.15, 0.2) is 5.78 Å². The van der Waals surface area contributed by atoms with E-state index in [0.717, 1.165) is 54.9 Å². The highest BCUT2D eigenvalue weighted by atomic mass is 16.5. The third kappa shape index (κ3) is 5.74. The van der Waals surface area contributed by atoms with Crippen molar-refractivity contribution in [2.24, 2.45) is 0 Å². The number of hydrogen-bond donors (Lipinski definition) is 2. The van der Waals surface area contributed by atoms with Crippen molar-refractivity contribution in [2.75, 3.05) is 50.5 Å². The van der Waals surface area contributed by atoms with Crippen molar-refractivity contribution in [1.82, 2.24) is 15.3 Å². The molecular weight excluding hydrogens is 414 g/mol. The molecule has 0 spiro atoms. The highest BCUT2D eigenvalue weighted by Crippen LogP contribution is 2.26. The minimum Gasteiger partial charge on any atom is -0.383 e. The zero-order valence-corrected chi connectivity index (χ0v) is 19.1. The van der Waals surface area contributed by atoms with Crippen LogP contribution in [0.2, 0.25) is 0 Å². The smallest absolute Gasteiger partial charge is 0.171 e. The Morgan fingerprint density at radius 1 is 1.12 bits per heavy atom. The summed E-state index contributed by atoms with van der Waals surface area (Å²) >= 11 is 0. The average molecular weight is 446 g/mol. The quantitative estimate of drug-likeness (QED) is 0.386. The number of carbonyl (C=O) groups is 1. The predicted molar refractivity (Wildman–Crippen MR) is 132 cm³/mol. The van der Waals surface area contributed by atoms with Crippen LogP contribution in [-0.4, -0.2) is 55.6 Å². The Kier molecular flexibility index (Phi) is 7.65. The molecule has 1 aromatic carbocycles. The van der Waals surface area contributed by atoms with Gasteiger partial charge in [0.05, 0.1) is 18.8 Å². The summed E-state index contributed by atoms with van der Waals surface area (Å²) in [5, 5.41) is 3.17. The first kappa shape index (κ1) is 22.9. The number of ether oxygens (including phenoxy) is 1. The van der Waals surface area contributed by atoms with Crippen molar-refractivity contribution >= 4 is 17.3 Å². The van der Waals surface area contributed by atoms with Crippen molar-refractivity contribution in [3.63, 3.8) is 0 Å². The van der Waals surface area contributed by atoms with E-state index in [1.165, 1.54) is 5.56 Å². The van der Waals surface area contributed by atoms with E-state index < -0.39 is 0 Å². The Bertz CT molecular complexity index is 1080. The van der Waals surface area contributed by atoms with Crippen LogP contribution in [0, 0.1) is 0 Å². The second kappa shape index (κ2) is 11.0. The summed E-state index contributed by atoms with van der Waals surface area (Å²) in [4.78, 5) is 24.1. The number of aryl methyl sites for hydroxylation is 1. The molecule has 1 aliphatic rings. The molecule has 0 radical (unpaired) electrons. The molecule has 1 aliphatic heterocycles. The van der Waals surface area contributed by atoms with Gasteiger partial charge in [-0.2, -0.15) is 0 Å². The number of Topliss-reactive ketones (excluding diaryl/α,β-unsaturated/α-hetero) is 1. The van der Waals surface area contributed by atoms with Gasteiger partial charge in [0.25, 0.3) is 0 Å². The maximum absolute atomic E-state index is 13.3. The molecule has 0 bridgehead atoms. The monoisotopic (exact) mass is 445 g/mol. The SMILES string of the molecule is CNCCCc1ccc(-c2cnc(N)c(C(=O)Cc3cnccc3N3CCOCC3)c2)cc1. The lowest BCUT2D eigenvalue weighted by molar-refractivity contribution is 0.0993. The second-order valence-corrected chi connectivity index (χ2v) is 8.26. The van der Waals surface area contributed by atoms with Gasteiger partial charge in [-0.15, -0.1) is 0 Å². The predicted octanol–water partition coefficient (Wildman–Crippen LogP) is 3.14. The maximum atomic E-state index is 13.3. The van der Waals surface area contributed by atoms with Gasteiger partial charge in [-0.1, -0.05) is 24.3 Å². The molecule has 172 valence electrons. The Morgan fingerprint density at radius 3 is 2.67 bits per heavy atom. The molecule has 3 N–H and O–H groups in total. The first-order valence-corrected chi connectivity index (χ1v) is 11.4. The van der Waals surface area contributed by atoms with Gasteiger partial charge >= 0.3 is 0 Å². The van der Waals surface area contributed by atoms with Crippen LogP contribution in [0.4, 0.5) is 11.5 Å². The first-order valence-electron chi connectivity index (χ1n) is 11.4. The molecule has 0 unspecified atom stereocenters. The minimum absolute atomic E-state index is 0.0620. The number of nitrogens with zero attached hydrogens (tertiary/aromatic N) is 3. The molecule has 2 aromatic heterocycles. The topological polar surface area (TPSA) is 93.4 Å². The number of aromatic nitrogens is 2. The van der Waals surface area contributed by atoms with Crippen molar-refractivity contribution < 1.29 is 9.53 Å². The Labute approximate surface area is 195 Å². The maximum Gasteiger partial charge on any atom is 0.171 e. The summed E-state index contributed by atoms with van der Waals surface area (Å²) in [5.74, 6) is 0.192. The lowest BCUT2D eigenvalue weighted by Gasteiger charge is -2.30. The average Bonchev–Trinajstić information content (AvgIpc) is 2.86. The third-order valence-electron chi connectivity index (χ3n) is 5.98. The van der Waals surface area contributed by atoms with Crippen molar-refractivity contribution in [3.05, 3.63) is 71.7 Å². The van der Waals surface area contributed by atoms with Crippen LogP contribution in [0.1, 0.15) is 27.9 Å². The molecule has 0 amide bonds. The molecule has 7 nitrogen and oxygen atoms in total. The second-order valence-electron chi connectivity index (χ2n) is 8.26. The number of morpholine rings is 1. The summed E-state index contributed by atoms with van der Waals surface area (Å²) < 4.78 is 5.46. The van der Waals surface area contributed by atoms with Crippen molar-refractivity contribution in [3.8, 4) is 11.1 Å². The third-order valence-corrected chi connectivity index (χ3v) is 5.98. The number of anilines is 2. The lowest BCUT2D eigenvalue weighted by atomic mass is 9.98. The Morgan fingerprint density at radius 2 is 1.91 bits per heavy atom. The van der Waals surface area contributed by atoms with E-state index in [1.54, 1.807) is 18.6 Å². The standard InChI is InChI=1S/C26H31N5O2/c1-28-9-2-3-19-4-6-20(7-5-19)21-15-23(26(27)30-18-21)25(32)16-22-17-29-10-8-24(22)31-11-13-33-14-12-31/h4-8,10,15,17-18,28H,2-3,9,11-14,16H2,1H3,(H2,27,30). The van der Waals surface area contributed by atoms with E-state index >= 15 is 0 Å². The van der Waals surface area contributed by atoms with Crippen LogP contribution in [0.15, 0.2) is 55.0 Å². The number of carbonyl (C=O) groups excluding carboxylic acids is 1. The minimum atomic E-state index is -0.0620. The van der Waals surface area contributed by atoms with Gasteiger partial charge in [-0.05, 0) is 49.7 Å². The number of benzene rings is 1. The zero-order chi connectivity index (χ0) is 23.0. The van der Waals surface area contributed by atoms with Crippen LogP contribution < -0.4 is 16.0 Å². The number of nitrogens with two attached hydrogens (primary N) is 1. The van der Waals surface area contributed by atoms with Crippen LogP contribution >= 0.6 is 0 Å². The largest absolute Gasteiger partial charge is 0.383 e. The molecule has 33 heavy (non-hydrogen) atoms. The number of pyridine rings is 2. The van der Waals surface area contributed by atoms with E-state index in [2.05, 4.69) is 44.5 Å². The summed E-state index contributed by atoms with van der Waals surface area (Å²) in [7, 11) is 1.97. The van der Waals surface area contributed by atoms with Gasteiger partial charge in [0.2, 0.25) is 0 Å². The number of nitrogen functional groups attached to an aromatic ring is 1. The van der Waals surface area contributed by atoms with Crippen molar-refractivity contribution in [1.29, 1.82) is 0 Å². The van der Waals surface area contributed by atoms with Crippen molar-refractivity contribution in [2.45, 2.75) is 19.3 Å². The van der Waals surface area contributed by atoms with Crippen LogP contribution in [0.5, 0.6) is 0 Å². The molecule has 7 heteroatoms. The fourth-order valence-corrected chi connectivity index (χ4v) is 4.13. The molecule has 1 fully saturated rings. The summed E-state index contributed by atoms with van der Waals surface area (Å²) in [5.41, 5.74) is 11.7. The summed E-state index contributed by atoms with van der Waals surface area (Å²) in [6.07, 6.45) is 7.60. The van der Waals surface area contributed by atoms with Gasteiger partial charge in [0, 0.05) is 54.9 Å². The summed E-state index contributed by atoms with van der Waals surface area (Å²) in [6, 6.07) is 12.2. The summed E-state index contributed by atoms with van der Waals surface area (Å²) in [6.45, 7) is 3.97. The molecule has 4 rings (SSSR count). The molecule has 3 aromatic rings. The van der Waals surface area contributed by atoms with E-state index in [4.69, 9.17) is 10.5 Å². The Hall–Kier alpha value is -3.29. The molecule has 0 atom stereocenters. The molecule has 3 heterocycles. The van der Waals surface area contributed by atoms with Crippen LogP contribution in [0.25, 0.3) is 11.1 Å². The van der Waals surface area contributed by atoms with Gasteiger partial charge in [0.1, 0.15) is 5.82 Å². The molecule has 0 aliphatic carbocycles. The number of hydrogen-bond acceptors (Lipinski definition) is 7. The van der Waals surface area contributed by atoms with E-state index in [9.17, 15) is 4.79 Å². The molecule has 1 saturated heterocycles. The molecule has 0 saturated carbocycles. The van der Waals surface area contributed by atoms with Gasteiger partial charge < -0.3 is 20.7 Å². The lowest BCUT2D eigenvalue weighted by Crippen LogP contribution is -2.37.